The molecule has 1 aromatic carbocycles. The van der Waals surface area contributed by atoms with Crippen LogP contribution in [0.3, 0.4) is 0 Å². The minimum atomic E-state index is -0.478. The van der Waals surface area contributed by atoms with Gasteiger partial charge in [-0.05, 0) is 25.0 Å². The fourth-order valence-corrected chi connectivity index (χ4v) is 4.74. The van der Waals surface area contributed by atoms with Gasteiger partial charge < -0.3 is 29.6 Å². The van der Waals surface area contributed by atoms with Crippen LogP contribution in [-0.2, 0) is 16.0 Å². The van der Waals surface area contributed by atoms with Gasteiger partial charge in [-0.1, -0.05) is 0 Å². The lowest BCUT2D eigenvalue weighted by Gasteiger charge is -2.26. The summed E-state index contributed by atoms with van der Waals surface area (Å²) in [6.45, 7) is 7.60. The number of aromatic nitrogens is 4. The van der Waals surface area contributed by atoms with E-state index in [1.165, 1.54) is 12.4 Å². The summed E-state index contributed by atoms with van der Waals surface area (Å²) in [5, 5.41) is 7.36. The Kier molecular flexibility index (Phi) is 9.37. The van der Waals surface area contributed by atoms with Crippen LogP contribution >= 0.6 is 0 Å². The lowest BCUT2D eigenvalue weighted by molar-refractivity contribution is 0.0357. The zero-order valence-electron chi connectivity index (χ0n) is 23.0. The highest BCUT2D eigenvalue weighted by atomic mass is 16.5. The lowest BCUT2D eigenvalue weighted by atomic mass is 10.2. The Morgan fingerprint density at radius 3 is 2.73 bits per heavy atom. The van der Waals surface area contributed by atoms with Gasteiger partial charge in [0, 0.05) is 70.8 Å². The molecule has 2 aliphatic heterocycles. The normalized spacial score (nSPS) is 15.6. The minimum absolute atomic E-state index is 0.272. The second-order valence-electron chi connectivity index (χ2n) is 9.47. The molecule has 0 atom stereocenters. The molecule has 5 rings (SSSR count). The number of anilines is 2. The Balaban J connectivity index is 1.36. The highest BCUT2D eigenvalue weighted by Gasteiger charge is 2.21. The number of hydrogen-bond donors (Lipinski definition) is 2. The molecule has 13 nitrogen and oxygen atoms in total. The van der Waals surface area contributed by atoms with Crippen LogP contribution in [0.1, 0.15) is 23.2 Å². The summed E-state index contributed by atoms with van der Waals surface area (Å²) in [6.07, 6.45) is 4.63. The number of carbonyl (C=O) groups excluding carboxylic acids is 1. The van der Waals surface area contributed by atoms with Gasteiger partial charge in [0.05, 0.1) is 32.5 Å². The van der Waals surface area contributed by atoms with E-state index in [4.69, 9.17) is 23.9 Å². The van der Waals surface area contributed by atoms with Crippen LogP contribution in [0.25, 0.3) is 10.9 Å². The SMILES string of the molecule is COCCCNc1ncc(C(=O)N=c2nc3c(OC)c(OCCCN4CCOCC4)ccc3c3n2CCN3)cn1. The van der Waals surface area contributed by atoms with Gasteiger partial charge in [-0.2, -0.15) is 4.99 Å². The maximum atomic E-state index is 13.1. The summed E-state index contributed by atoms with van der Waals surface area (Å²) in [5.74, 6) is 1.91. The first-order chi connectivity index (χ1) is 19.7. The zero-order chi connectivity index (χ0) is 27.7. The number of methoxy groups -OCH3 is 2. The summed E-state index contributed by atoms with van der Waals surface area (Å²) in [5.41, 5.74) is 1.13. The quantitative estimate of drug-likeness (QED) is 0.317. The molecule has 2 aromatic heterocycles. The molecule has 0 radical (unpaired) electrons. The van der Waals surface area contributed by atoms with Gasteiger partial charge in [0.25, 0.3) is 5.91 Å². The third-order valence-corrected chi connectivity index (χ3v) is 6.79. The van der Waals surface area contributed by atoms with Crippen molar-refractivity contribution in [3.63, 3.8) is 0 Å². The van der Waals surface area contributed by atoms with Crippen molar-refractivity contribution in [1.82, 2.24) is 24.4 Å². The minimum Gasteiger partial charge on any atom is -0.491 e. The third kappa shape index (κ3) is 6.49. The molecule has 3 aromatic rings. The monoisotopic (exact) mass is 552 g/mol. The van der Waals surface area contributed by atoms with E-state index in [1.807, 2.05) is 16.7 Å². The van der Waals surface area contributed by atoms with Gasteiger partial charge in [0.15, 0.2) is 11.5 Å². The van der Waals surface area contributed by atoms with Gasteiger partial charge >= 0.3 is 0 Å². The van der Waals surface area contributed by atoms with Crippen LogP contribution in [0, 0.1) is 0 Å². The largest absolute Gasteiger partial charge is 0.491 e. The van der Waals surface area contributed by atoms with Crippen LogP contribution in [0.4, 0.5) is 11.8 Å². The molecule has 0 spiro atoms. The van der Waals surface area contributed by atoms with Crippen LogP contribution in [0.15, 0.2) is 29.5 Å². The highest BCUT2D eigenvalue weighted by Crippen LogP contribution is 2.37. The molecule has 0 saturated carbocycles. The van der Waals surface area contributed by atoms with Gasteiger partial charge in [0.2, 0.25) is 11.6 Å². The molecule has 1 fully saturated rings. The maximum Gasteiger partial charge on any atom is 0.283 e. The summed E-state index contributed by atoms with van der Waals surface area (Å²) in [4.78, 5) is 33.0. The number of hydrogen-bond acceptors (Lipinski definition) is 11. The van der Waals surface area contributed by atoms with Crippen molar-refractivity contribution in [3.8, 4) is 11.5 Å². The predicted octanol–water partition coefficient (Wildman–Crippen LogP) is 1.55. The average molecular weight is 553 g/mol. The number of fused-ring (bicyclic) bond motifs is 3. The maximum absolute atomic E-state index is 13.1. The summed E-state index contributed by atoms with van der Waals surface area (Å²) >= 11 is 0. The number of rotatable bonds is 12. The molecule has 2 aliphatic rings. The Morgan fingerprint density at radius 1 is 1.12 bits per heavy atom. The van der Waals surface area contributed by atoms with E-state index >= 15 is 0 Å². The van der Waals surface area contributed by atoms with Gasteiger partial charge in [-0.25, -0.2) is 15.0 Å². The predicted molar refractivity (Wildman–Crippen MR) is 149 cm³/mol. The number of carbonyl (C=O) groups is 1. The first-order valence-corrected chi connectivity index (χ1v) is 13.6. The second-order valence-corrected chi connectivity index (χ2v) is 9.47. The number of nitrogens with zero attached hydrogens (tertiary/aromatic N) is 6. The molecular weight excluding hydrogens is 516 g/mol. The zero-order valence-corrected chi connectivity index (χ0v) is 23.0. The van der Waals surface area contributed by atoms with Crippen molar-refractivity contribution in [1.29, 1.82) is 0 Å². The standard InChI is InChI=1S/C27H36N8O5/c1-37-13-3-7-29-26-30-17-19(18-31-26)25(36)33-27-32-22-20(24-28-8-10-35(24)27)5-6-21(23(22)38-2)40-14-4-9-34-11-15-39-16-12-34/h5-6,17-18,28H,3-4,7-16H2,1-2H3,(H,29,30,31). The topological polar surface area (TPSA) is 137 Å². The average Bonchev–Trinajstić information content (AvgIpc) is 3.49. The van der Waals surface area contributed by atoms with Crippen molar-refractivity contribution in [3.05, 3.63) is 35.7 Å². The molecular formula is C27H36N8O5. The Bertz CT molecular complexity index is 1370. The number of amides is 1. The van der Waals surface area contributed by atoms with E-state index in [2.05, 4.69) is 30.5 Å². The molecule has 40 heavy (non-hydrogen) atoms. The number of ether oxygens (including phenoxy) is 4. The van der Waals surface area contributed by atoms with Crippen molar-refractivity contribution < 1.29 is 23.7 Å². The van der Waals surface area contributed by atoms with Gasteiger partial charge in [-0.3, -0.25) is 14.3 Å². The fourth-order valence-electron chi connectivity index (χ4n) is 4.74. The molecule has 1 saturated heterocycles. The van der Waals surface area contributed by atoms with Crippen molar-refractivity contribution in [2.75, 3.05) is 84.0 Å². The Labute approximate surface area is 232 Å². The first-order valence-electron chi connectivity index (χ1n) is 13.6. The van der Waals surface area contributed by atoms with Crippen LogP contribution < -0.4 is 25.7 Å². The van der Waals surface area contributed by atoms with Gasteiger partial charge in [0.1, 0.15) is 11.3 Å². The molecule has 4 heterocycles. The van der Waals surface area contributed by atoms with Crippen LogP contribution in [0.2, 0.25) is 0 Å². The Morgan fingerprint density at radius 2 is 1.95 bits per heavy atom. The number of nitrogens with one attached hydrogen (secondary N) is 2. The van der Waals surface area contributed by atoms with Crippen LogP contribution in [0.5, 0.6) is 11.5 Å². The third-order valence-electron chi connectivity index (χ3n) is 6.79. The van der Waals surface area contributed by atoms with E-state index in [0.29, 0.717) is 55.8 Å². The van der Waals surface area contributed by atoms with Crippen LogP contribution in [-0.4, -0.2) is 104 Å². The summed E-state index contributed by atoms with van der Waals surface area (Å²) in [6, 6.07) is 3.87. The molecule has 214 valence electrons. The first kappa shape index (κ1) is 27.7. The molecule has 1 amide bonds. The van der Waals surface area contributed by atoms with E-state index in [1.54, 1.807) is 14.2 Å². The second kappa shape index (κ2) is 13.5. The number of morpholine rings is 1. The number of benzene rings is 1. The summed E-state index contributed by atoms with van der Waals surface area (Å²) in [7, 11) is 3.25. The summed E-state index contributed by atoms with van der Waals surface area (Å²) < 4.78 is 24.2. The lowest BCUT2D eigenvalue weighted by Crippen LogP contribution is -2.37. The van der Waals surface area contributed by atoms with E-state index < -0.39 is 5.91 Å². The molecule has 0 unspecified atom stereocenters. The smallest absolute Gasteiger partial charge is 0.283 e. The van der Waals surface area contributed by atoms with Crippen molar-refractivity contribution in [2.45, 2.75) is 19.4 Å². The van der Waals surface area contributed by atoms with E-state index in [-0.39, 0.29) is 11.2 Å². The van der Waals surface area contributed by atoms with Crippen molar-refractivity contribution >= 4 is 28.6 Å². The Hall–Kier alpha value is -3.81. The van der Waals surface area contributed by atoms with E-state index in [0.717, 1.165) is 56.9 Å². The highest BCUT2D eigenvalue weighted by molar-refractivity contribution is 5.96. The molecule has 0 aliphatic carbocycles. The van der Waals surface area contributed by atoms with Crippen molar-refractivity contribution in [2.24, 2.45) is 4.99 Å². The van der Waals surface area contributed by atoms with Gasteiger partial charge in [-0.15, -0.1) is 0 Å². The molecule has 0 bridgehead atoms. The molecule has 2 N–H and O–H groups in total. The fraction of sp³-hybridized carbons (Fsp3) is 0.519. The van der Waals surface area contributed by atoms with E-state index in [9.17, 15) is 4.79 Å². The molecule has 13 heteroatoms.